The molecule has 3 aromatic rings. The molecule has 0 bridgehead atoms. The topological polar surface area (TPSA) is 12.4 Å². The van der Waals surface area contributed by atoms with Crippen molar-refractivity contribution in [2.45, 2.75) is 6.92 Å². The Morgan fingerprint density at radius 2 is 1.35 bits per heavy atom. The van der Waals surface area contributed by atoms with Crippen molar-refractivity contribution in [3.8, 4) is 11.1 Å². The lowest BCUT2D eigenvalue weighted by molar-refractivity contribution is 1.51. The number of hydrogen-bond donors (Lipinski definition) is 0. The van der Waals surface area contributed by atoms with Crippen LogP contribution in [0, 0.1) is 0 Å². The van der Waals surface area contributed by atoms with Crippen molar-refractivity contribution in [1.29, 1.82) is 0 Å². The third kappa shape index (κ3) is 4.04. The first kappa shape index (κ1) is 15.0. The number of para-hydroxylation sites is 1. The third-order valence-corrected chi connectivity index (χ3v) is 3.60. The van der Waals surface area contributed by atoms with Crippen LogP contribution in [0.4, 0.5) is 5.69 Å². The van der Waals surface area contributed by atoms with E-state index in [4.69, 9.17) is 0 Å². The molecule has 0 amide bonds. The average molecular weight is 297 g/mol. The van der Waals surface area contributed by atoms with Crippen LogP contribution in [0.25, 0.3) is 17.2 Å². The molecule has 0 saturated heterocycles. The highest BCUT2D eigenvalue weighted by Crippen LogP contribution is 2.25. The Kier molecular flexibility index (Phi) is 4.80. The summed E-state index contributed by atoms with van der Waals surface area (Å²) in [6.45, 7) is 2.08. The van der Waals surface area contributed by atoms with Crippen LogP contribution >= 0.6 is 0 Å². The lowest BCUT2D eigenvalue weighted by Gasteiger charge is -2.06. The average Bonchev–Trinajstić information content (AvgIpc) is 2.62. The van der Waals surface area contributed by atoms with E-state index in [9.17, 15) is 0 Å². The zero-order chi connectivity index (χ0) is 15.9. The molecule has 0 aromatic heterocycles. The van der Waals surface area contributed by atoms with Crippen molar-refractivity contribution in [3.05, 3.63) is 96.1 Å². The summed E-state index contributed by atoms with van der Waals surface area (Å²) in [6.07, 6.45) is 4.09. The Balaban J connectivity index is 1.89. The SMILES string of the molecule is CC(/C=N/c1ccccc1)=C\c1ccccc1-c1ccccc1. The molecule has 1 nitrogen and oxygen atoms in total. The van der Waals surface area contributed by atoms with Crippen LogP contribution in [0.1, 0.15) is 12.5 Å². The number of benzene rings is 3. The molecule has 0 N–H and O–H groups in total. The van der Waals surface area contributed by atoms with E-state index >= 15 is 0 Å². The van der Waals surface area contributed by atoms with Gasteiger partial charge in [0.2, 0.25) is 0 Å². The number of nitrogens with zero attached hydrogens (tertiary/aromatic N) is 1. The summed E-state index contributed by atoms with van der Waals surface area (Å²) in [5.41, 5.74) is 5.76. The molecule has 0 unspecified atom stereocenters. The van der Waals surface area contributed by atoms with Gasteiger partial charge in [-0.25, -0.2) is 0 Å². The number of hydrogen-bond acceptors (Lipinski definition) is 1. The van der Waals surface area contributed by atoms with Crippen LogP contribution in [-0.2, 0) is 0 Å². The van der Waals surface area contributed by atoms with Gasteiger partial charge in [0.15, 0.2) is 0 Å². The van der Waals surface area contributed by atoms with E-state index in [0.29, 0.717) is 0 Å². The molecular formula is C22H19N. The molecule has 0 aliphatic rings. The molecule has 0 aliphatic carbocycles. The molecule has 0 saturated carbocycles. The van der Waals surface area contributed by atoms with E-state index in [1.807, 2.05) is 42.6 Å². The first-order valence-electron chi connectivity index (χ1n) is 7.75. The van der Waals surface area contributed by atoms with Crippen molar-refractivity contribution in [3.63, 3.8) is 0 Å². The van der Waals surface area contributed by atoms with E-state index in [0.717, 1.165) is 11.3 Å². The van der Waals surface area contributed by atoms with Crippen LogP contribution in [0.2, 0.25) is 0 Å². The Morgan fingerprint density at radius 1 is 0.739 bits per heavy atom. The Hall–Kier alpha value is -2.93. The van der Waals surface area contributed by atoms with Crippen molar-refractivity contribution in [2.75, 3.05) is 0 Å². The Labute approximate surface area is 137 Å². The fourth-order valence-electron chi connectivity index (χ4n) is 2.48. The van der Waals surface area contributed by atoms with Crippen LogP contribution in [0.5, 0.6) is 0 Å². The maximum absolute atomic E-state index is 4.51. The summed E-state index contributed by atoms with van der Waals surface area (Å²) in [5, 5.41) is 0. The molecule has 3 rings (SSSR count). The molecular weight excluding hydrogens is 278 g/mol. The van der Waals surface area contributed by atoms with E-state index in [1.54, 1.807) is 0 Å². The van der Waals surface area contributed by atoms with E-state index in [-0.39, 0.29) is 0 Å². The van der Waals surface area contributed by atoms with Crippen LogP contribution in [0.15, 0.2) is 95.5 Å². The van der Waals surface area contributed by atoms with Gasteiger partial charge in [-0.15, -0.1) is 0 Å². The van der Waals surface area contributed by atoms with Gasteiger partial charge < -0.3 is 0 Å². The minimum absolute atomic E-state index is 0.969. The molecule has 3 aromatic carbocycles. The summed E-state index contributed by atoms with van der Waals surface area (Å²) >= 11 is 0. The van der Waals surface area contributed by atoms with Gasteiger partial charge in [0.1, 0.15) is 0 Å². The van der Waals surface area contributed by atoms with Crippen molar-refractivity contribution < 1.29 is 0 Å². The van der Waals surface area contributed by atoms with Gasteiger partial charge in [-0.05, 0) is 47.4 Å². The van der Waals surface area contributed by atoms with Gasteiger partial charge in [-0.2, -0.15) is 0 Å². The minimum atomic E-state index is 0.969. The normalized spacial score (nSPS) is 11.8. The van der Waals surface area contributed by atoms with Gasteiger partial charge in [-0.1, -0.05) is 72.8 Å². The second-order valence-electron chi connectivity index (χ2n) is 5.44. The second kappa shape index (κ2) is 7.37. The third-order valence-electron chi connectivity index (χ3n) is 3.60. The molecule has 0 fully saturated rings. The second-order valence-corrected chi connectivity index (χ2v) is 5.44. The Bertz CT molecular complexity index is 815. The highest BCUT2D eigenvalue weighted by atomic mass is 14.7. The van der Waals surface area contributed by atoms with Crippen LogP contribution in [-0.4, -0.2) is 6.21 Å². The molecule has 0 heterocycles. The minimum Gasteiger partial charge on any atom is -0.257 e. The lowest BCUT2D eigenvalue weighted by Crippen LogP contribution is -1.85. The quantitative estimate of drug-likeness (QED) is 0.511. The first-order chi connectivity index (χ1) is 11.3. The van der Waals surface area contributed by atoms with Gasteiger partial charge in [0.05, 0.1) is 5.69 Å². The highest BCUT2D eigenvalue weighted by Gasteiger charge is 2.01. The fourth-order valence-corrected chi connectivity index (χ4v) is 2.48. The van der Waals surface area contributed by atoms with Crippen molar-refractivity contribution in [2.24, 2.45) is 4.99 Å². The molecule has 0 aliphatic heterocycles. The van der Waals surface area contributed by atoms with Gasteiger partial charge in [0, 0.05) is 6.21 Å². The standard InChI is InChI=1S/C22H19N/c1-18(17-23-21-13-6-3-7-14-21)16-20-12-8-9-15-22(20)19-10-4-2-5-11-19/h2-17H,1H3/b18-16+,23-17+. The van der Waals surface area contributed by atoms with Gasteiger partial charge >= 0.3 is 0 Å². The maximum atomic E-state index is 4.51. The fraction of sp³-hybridized carbons (Fsp3) is 0.0455. The molecule has 0 atom stereocenters. The van der Waals surface area contributed by atoms with Crippen LogP contribution < -0.4 is 0 Å². The van der Waals surface area contributed by atoms with Crippen molar-refractivity contribution in [1.82, 2.24) is 0 Å². The van der Waals surface area contributed by atoms with Crippen molar-refractivity contribution >= 4 is 18.0 Å². The smallest absolute Gasteiger partial charge is 0.0629 e. The summed E-state index contributed by atoms with van der Waals surface area (Å²) in [5.74, 6) is 0. The molecule has 1 heteroatoms. The number of aliphatic imine (C=N–C) groups is 1. The largest absolute Gasteiger partial charge is 0.257 e. The maximum Gasteiger partial charge on any atom is 0.0629 e. The van der Waals surface area contributed by atoms with E-state index in [1.165, 1.54) is 16.7 Å². The zero-order valence-corrected chi connectivity index (χ0v) is 13.2. The van der Waals surface area contributed by atoms with Crippen LogP contribution in [0.3, 0.4) is 0 Å². The number of rotatable bonds is 4. The van der Waals surface area contributed by atoms with Gasteiger partial charge in [-0.3, -0.25) is 4.99 Å². The predicted octanol–water partition coefficient (Wildman–Crippen LogP) is 6.16. The monoisotopic (exact) mass is 297 g/mol. The molecule has 112 valence electrons. The predicted molar refractivity (Wildman–Crippen MR) is 100 cm³/mol. The summed E-state index contributed by atoms with van der Waals surface area (Å²) in [6, 6.07) is 28.9. The summed E-state index contributed by atoms with van der Waals surface area (Å²) in [4.78, 5) is 4.51. The Morgan fingerprint density at radius 3 is 2.09 bits per heavy atom. The lowest BCUT2D eigenvalue weighted by atomic mass is 9.98. The van der Waals surface area contributed by atoms with E-state index < -0.39 is 0 Å². The zero-order valence-electron chi connectivity index (χ0n) is 13.2. The molecule has 23 heavy (non-hydrogen) atoms. The molecule has 0 radical (unpaired) electrons. The first-order valence-corrected chi connectivity index (χ1v) is 7.75. The molecule has 0 spiro atoms. The van der Waals surface area contributed by atoms with Gasteiger partial charge in [0.25, 0.3) is 0 Å². The summed E-state index contributed by atoms with van der Waals surface area (Å²) < 4.78 is 0. The van der Waals surface area contributed by atoms with E-state index in [2.05, 4.69) is 66.5 Å². The number of allylic oxidation sites excluding steroid dienone is 1. The summed E-state index contributed by atoms with van der Waals surface area (Å²) in [7, 11) is 0. The highest BCUT2D eigenvalue weighted by molar-refractivity contribution is 5.89.